The number of esters is 1. The van der Waals surface area contributed by atoms with E-state index in [2.05, 4.69) is 4.74 Å². The molecule has 0 aliphatic rings. The summed E-state index contributed by atoms with van der Waals surface area (Å²) in [5.41, 5.74) is -1.09. The molecule has 0 radical (unpaired) electrons. The molecule has 0 spiro atoms. The summed E-state index contributed by atoms with van der Waals surface area (Å²) in [6.07, 6.45) is -4.93. The molecule has 0 saturated carbocycles. The molecule has 0 aromatic rings. The van der Waals surface area contributed by atoms with Gasteiger partial charge >= 0.3 is 12.1 Å². The summed E-state index contributed by atoms with van der Waals surface area (Å²) in [6.45, 7) is 8.42. The molecule has 2 nitrogen and oxygen atoms in total. The molecule has 0 bridgehead atoms. The van der Waals surface area contributed by atoms with Gasteiger partial charge in [-0.2, -0.15) is 13.2 Å². The Bertz CT molecular complexity index is 223. The van der Waals surface area contributed by atoms with Crippen LogP contribution in [0.3, 0.4) is 0 Å². The van der Waals surface area contributed by atoms with Crippen molar-refractivity contribution in [2.45, 2.75) is 46.4 Å². The van der Waals surface area contributed by atoms with Crippen molar-refractivity contribution in [3.63, 3.8) is 0 Å². The normalized spacial score (nSPS) is 13.5. The first-order valence-corrected chi connectivity index (χ1v) is 4.82. The SMILES string of the molecule is CC(C)C(C)(OC(=O)C(F)(F)F)C(C)C. The Balaban J connectivity index is 4.80. The quantitative estimate of drug-likeness (QED) is 0.691. The van der Waals surface area contributed by atoms with E-state index in [-0.39, 0.29) is 11.8 Å². The number of hydrogen-bond acceptors (Lipinski definition) is 2. The lowest BCUT2D eigenvalue weighted by Crippen LogP contribution is -2.45. The summed E-state index contributed by atoms with van der Waals surface area (Å²) in [5.74, 6) is -2.47. The highest BCUT2D eigenvalue weighted by Crippen LogP contribution is 2.32. The zero-order valence-corrected chi connectivity index (χ0v) is 9.61. The van der Waals surface area contributed by atoms with Gasteiger partial charge in [0.05, 0.1) is 0 Å². The minimum atomic E-state index is -4.93. The third-order valence-electron chi connectivity index (χ3n) is 2.84. The molecule has 90 valence electrons. The van der Waals surface area contributed by atoms with Crippen molar-refractivity contribution in [2.24, 2.45) is 11.8 Å². The number of carbonyl (C=O) groups is 1. The van der Waals surface area contributed by atoms with E-state index in [0.29, 0.717) is 0 Å². The first kappa shape index (κ1) is 14.3. The lowest BCUT2D eigenvalue weighted by atomic mass is 9.82. The minimum absolute atomic E-state index is 0.177. The van der Waals surface area contributed by atoms with Gasteiger partial charge in [-0.25, -0.2) is 4.79 Å². The second kappa shape index (κ2) is 4.41. The van der Waals surface area contributed by atoms with Gasteiger partial charge in [0, 0.05) is 0 Å². The Kier molecular flexibility index (Phi) is 4.19. The number of halogens is 3. The monoisotopic (exact) mass is 226 g/mol. The van der Waals surface area contributed by atoms with Crippen LogP contribution < -0.4 is 0 Å². The van der Waals surface area contributed by atoms with Gasteiger partial charge in [-0.3, -0.25) is 0 Å². The molecule has 0 heterocycles. The fourth-order valence-electron chi connectivity index (χ4n) is 1.16. The maximum atomic E-state index is 12.0. The first-order chi connectivity index (χ1) is 6.51. The van der Waals surface area contributed by atoms with Gasteiger partial charge in [-0.1, -0.05) is 27.7 Å². The first-order valence-electron chi connectivity index (χ1n) is 4.82. The van der Waals surface area contributed by atoms with E-state index in [1.165, 1.54) is 6.92 Å². The van der Waals surface area contributed by atoms with E-state index in [1.54, 1.807) is 27.7 Å². The second-order valence-corrected chi connectivity index (χ2v) is 4.38. The number of ether oxygens (including phenoxy) is 1. The summed E-state index contributed by atoms with van der Waals surface area (Å²) in [6, 6.07) is 0. The zero-order valence-electron chi connectivity index (χ0n) is 9.61. The van der Waals surface area contributed by atoms with Crippen molar-refractivity contribution in [1.29, 1.82) is 0 Å². The molecule has 0 atom stereocenters. The predicted octanol–water partition coefficient (Wildman–Crippen LogP) is 3.16. The van der Waals surface area contributed by atoms with Crippen molar-refractivity contribution in [3.05, 3.63) is 0 Å². The summed E-state index contributed by atoms with van der Waals surface area (Å²) >= 11 is 0. The fourth-order valence-corrected chi connectivity index (χ4v) is 1.16. The highest BCUT2D eigenvalue weighted by Gasteiger charge is 2.47. The molecule has 0 amide bonds. The molecule has 15 heavy (non-hydrogen) atoms. The average molecular weight is 226 g/mol. The molecule has 0 aliphatic heterocycles. The van der Waals surface area contributed by atoms with Crippen LogP contribution in [0.5, 0.6) is 0 Å². The highest BCUT2D eigenvalue weighted by molar-refractivity contribution is 5.76. The van der Waals surface area contributed by atoms with Crippen LogP contribution in [-0.4, -0.2) is 17.7 Å². The molecule has 0 rings (SSSR count). The number of carbonyl (C=O) groups excluding carboxylic acids is 1. The van der Waals surface area contributed by atoms with E-state index in [1.807, 2.05) is 0 Å². The van der Waals surface area contributed by atoms with Crippen LogP contribution in [0.2, 0.25) is 0 Å². The van der Waals surface area contributed by atoms with Crippen molar-refractivity contribution in [3.8, 4) is 0 Å². The van der Waals surface area contributed by atoms with Crippen LogP contribution in [0.15, 0.2) is 0 Å². The molecule has 0 saturated heterocycles. The molecule has 5 heteroatoms. The van der Waals surface area contributed by atoms with E-state index < -0.39 is 17.7 Å². The molecule has 0 unspecified atom stereocenters. The van der Waals surface area contributed by atoms with Gasteiger partial charge in [0.2, 0.25) is 0 Å². The summed E-state index contributed by atoms with van der Waals surface area (Å²) in [4.78, 5) is 10.7. The lowest BCUT2D eigenvalue weighted by molar-refractivity contribution is -0.220. The minimum Gasteiger partial charge on any atom is -0.452 e. The number of rotatable bonds is 3. The average Bonchev–Trinajstić information content (AvgIpc) is 2.01. The van der Waals surface area contributed by atoms with E-state index >= 15 is 0 Å². The highest BCUT2D eigenvalue weighted by atomic mass is 19.4. The number of alkyl halides is 3. The van der Waals surface area contributed by atoms with Crippen molar-refractivity contribution >= 4 is 5.97 Å². The molecular formula is C10H17F3O2. The van der Waals surface area contributed by atoms with Gasteiger partial charge in [-0.15, -0.1) is 0 Å². The third-order valence-corrected chi connectivity index (χ3v) is 2.84. The lowest BCUT2D eigenvalue weighted by Gasteiger charge is -2.37. The maximum absolute atomic E-state index is 12.0. The number of hydrogen-bond donors (Lipinski definition) is 0. The third kappa shape index (κ3) is 3.39. The molecule has 0 fully saturated rings. The Morgan fingerprint density at radius 1 is 1.07 bits per heavy atom. The summed E-state index contributed by atoms with van der Waals surface area (Å²) < 4.78 is 40.7. The fraction of sp³-hybridized carbons (Fsp3) is 0.900. The molecule has 0 aliphatic carbocycles. The molecule has 0 aromatic carbocycles. The van der Waals surface area contributed by atoms with Crippen molar-refractivity contribution < 1.29 is 22.7 Å². The molecule has 0 aromatic heterocycles. The van der Waals surface area contributed by atoms with Crippen LogP contribution in [-0.2, 0) is 9.53 Å². The summed E-state index contributed by atoms with van der Waals surface area (Å²) in [7, 11) is 0. The van der Waals surface area contributed by atoms with Gasteiger partial charge in [0.1, 0.15) is 5.60 Å². The van der Waals surface area contributed by atoms with Gasteiger partial charge in [0.25, 0.3) is 0 Å². The van der Waals surface area contributed by atoms with E-state index in [0.717, 1.165) is 0 Å². The standard InChI is InChI=1S/C10H17F3O2/c1-6(2)9(5,7(3)4)15-8(14)10(11,12)13/h6-7H,1-5H3. The molecular weight excluding hydrogens is 209 g/mol. The van der Waals surface area contributed by atoms with Gasteiger partial charge in [0.15, 0.2) is 0 Å². The van der Waals surface area contributed by atoms with Crippen LogP contribution in [0.4, 0.5) is 13.2 Å². The van der Waals surface area contributed by atoms with Gasteiger partial charge in [-0.05, 0) is 18.8 Å². The molecule has 0 N–H and O–H groups in total. The Labute approximate surface area is 87.8 Å². The topological polar surface area (TPSA) is 26.3 Å². The van der Waals surface area contributed by atoms with E-state index in [9.17, 15) is 18.0 Å². The Morgan fingerprint density at radius 2 is 1.40 bits per heavy atom. The van der Waals surface area contributed by atoms with Crippen LogP contribution in [0.25, 0.3) is 0 Å². The predicted molar refractivity (Wildman–Crippen MR) is 50.2 cm³/mol. The second-order valence-electron chi connectivity index (χ2n) is 4.38. The van der Waals surface area contributed by atoms with Crippen LogP contribution in [0.1, 0.15) is 34.6 Å². The Morgan fingerprint density at radius 3 is 1.60 bits per heavy atom. The summed E-state index contributed by atoms with van der Waals surface area (Å²) in [5, 5.41) is 0. The van der Waals surface area contributed by atoms with E-state index in [4.69, 9.17) is 0 Å². The van der Waals surface area contributed by atoms with Crippen LogP contribution >= 0.6 is 0 Å². The maximum Gasteiger partial charge on any atom is 0.490 e. The van der Waals surface area contributed by atoms with Gasteiger partial charge < -0.3 is 4.74 Å². The van der Waals surface area contributed by atoms with Crippen molar-refractivity contribution in [1.82, 2.24) is 0 Å². The zero-order chi connectivity index (χ0) is 12.4. The largest absolute Gasteiger partial charge is 0.490 e. The smallest absolute Gasteiger partial charge is 0.452 e. The van der Waals surface area contributed by atoms with Crippen LogP contribution in [0, 0.1) is 11.8 Å². The Hall–Kier alpha value is -0.740. The van der Waals surface area contributed by atoms with Crippen molar-refractivity contribution in [2.75, 3.05) is 0 Å².